The van der Waals surface area contributed by atoms with Crippen molar-refractivity contribution in [3.8, 4) is 0 Å². The molecule has 15 heavy (non-hydrogen) atoms. The number of benzene rings is 1. The van der Waals surface area contributed by atoms with Gasteiger partial charge >= 0.3 is 0 Å². The maximum absolute atomic E-state index is 11.4. The predicted octanol–water partition coefficient (Wildman–Crippen LogP) is 2.28. The van der Waals surface area contributed by atoms with Crippen molar-refractivity contribution in [2.24, 2.45) is 5.73 Å². The Labute approximate surface area is 88.5 Å². The molecular weight excluding hydrogens is 190 g/mol. The van der Waals surface area contributed by atoms with Crippen LogP contribution < -0.4 is 11.2 Å². The molecule has 0 aliphatic carbocycles. The van der Waals surface area contributed by atoms with Crippen molar-refractivity contribution >= 4 is 11.0 Å². The second-order valence-electron chi connectivity index (χ2n) is 2.78. The van der Waals surface area contributed by atoms with Crippen molar-refractivity contribution in [1.82, 2.24) is 0 Å². The van der Waals surface area contributed by atoms with Gasteiger partial charge in [0.25, 0.3) is 0 Å². The fraction of sp³-hybridized carbons (Fsp3) is 0.250. The highest BCUT2D eigenvalue weighted by molar-refractivity contribution is 5.75. The second kappa shape index (κ2) is 5.32. The molecule has 0 saturated heterocycles. The van der Waals surface area contributed by atoms with Gasteiger partial charge in [0.2, 0.25) is 0 Å². The van der Waals surface area contributed by atoms with E-state index >= 15 is 0 Å². The van der Waals surface area contributed by atoms with E-state index in [1.54, 1.807) is 18.2 Å². The first-order valence-electron chi connectivity index (χ1n) is 5.03. The van der Waals surface area contributed by atoms with Gasteiger partial charge < -0.3 is 10.2 Å². The lowest BCUT2D eigenvalue weighted by molar-refractivity contribution is 0.539. The van der Waals surface area contributed by atoms with E-state index in [-0.39, 0.29) is 12.0 Å². The summed E-state index contributed by atoms with van der Waals surface area (Å²) in [5.41, 5.74) is 5.93. The van der Waals surface area contributed by atoms with E-state index in [2.05, 4.69) is 0 Å². The van der Waals surface area contributed by atoms with Crippen molar-refractivity contribution in [3.05, 3.63) is 46.3 Å². The summed E-state index contributed by atoms with van der Waals surface area (Å²) in [6.07, 6.45) is 0. The lowest BCUT2D eigenvalue weighted by Crippen LogP contribution is -2.05. The summed E-state index contributed by atoms with van der Waals surface area (Å²) in [6.45, 7) is 4.25. The zero-order chi connectivity index (χ0) is 11.3. The monoisotopic (exact) mass is 205 g/mol. The Balaban J connectivity index is 0.000000531. The van der Waals surface area contributed by atoms with Crippen molar-refractivity contribution in [2.75, 3.05) is 0 Å². The summed E-state index contributed by atoms with van der Waals surface area (Å²) in [4.78, 5) is 11.4. The first-order chi connectivity index (χ1) is 7.31. The van der Waals surface area contributed by atoms with E-state index in [0.29, 0.717) is 16.7 Å². The van der Waals surface area contributed by atoms with Gasteiger partial charge in [0.15, 0.2) is 5.43 Å². The quantitative estimate of drug-likeness (QED) is 0.777. The van der Waals surface area contributed by atoms with Gasteiger partial charge in [-0.2, -0.15) is 0 Å². The molecule has 0 amide bonds. The second-order valence-corrected chi connectivity index (χ2v) is 2.78. The molecule has 80 valence electrons. The number of hydrogen-bond donors (Lipinski definition) is 1. The summed E-state index contributed by atoms with van der Waals surface area (Å²) < 4.78 is 5.37. The number of para-hydroxylation sites is 1. The van der Waals surface area contributed by atoms with E-state index < -0.39 is 0 Å². The zero-order valence-electron chi connectivity index (χ0n) is 8.99. The van der Waals surface area contributed by atoms with E-state index in [0.717, 1.165) is 0 Å². The Bertz CT molecular complexity index is 488. The van der Waals surface area contributed by atoms with Crippen LogP contribution in [0.15, 0.2) is 39.5 Å². The van der Waals surface area contributed by atoms with E-state index in [1.807, 2.05) is 19.9 Å². The minimum Gasteiger partial charge on any atom is -0.459 e. The fourth-order valence-electron chi connectivity index (χ4n) is 1.25. The molecular formula is C12H15NO2. The average Bonchev–Trinajstić information content (AvgIpc) is 2.31. The number of nitrogens with two attached hydrogens (primary N) is 1. The number of hydrogen-bond acceptors (Lipinski definition) is 3. The first-order valence-corrected chi connectivity index (χ1v) is 5.03. The van der Waals surface area contributed by atoms with Gasteiger partial charge in [0.1, 0.15) is 11.3 Å². The highest BCUT2D eigenvalue weighted by Gasteiger charge is 2.01. The third-order valence-corrected chi connectivity index (χ3v) is 1.89. The fourth-order valence-corrected chi connectivity index (χ4v) is 1.25. The zero-order valence-corrected chi connectivity index (χ0v) is 8.99. The number of rotatable bonds is 1. The Morgan fingerprint density at radius 1 is 1.27 bits per heavy atom. The molecule has 1 heterocycles. The maximum atomic E-state index is 11.4. The topological polar surface area (TPSA) is 56.2 Å². The molecule has 0 atom stereocenters. The Morgan fingerprint density at radius 2 is 1.93 bits per heavy atom. The van der Waals surface area contributed by atoms with Gasteiger partial charge in [-0.25, -0.2) is 0 Å². The van der Waals surface area contributed by atoms with Gasteiger partial charge in [0, 0.05) is 6.07 Å². The normalized spacial score (nSPS) is 9.53. The molecule has 0 spiro atoms. The van der Waals surface area contributed by atoms with E-state index in [4.69, 9.17) is 10.2 Å². The molecule has 2 N–H and O–H groups in total. The molecule has 2 rings (SSSR count). The molecule has 1 aromatic heterocycles. The minimum absolute atomic E-state index is 0.0395. The summed E-state index contributed by atoms with van der Waals surface area (Å²) in [5, 5.41) is 0.597. The smallest absolute Gasteiger partial charge is 0.192 e. The molecule has 3 heteroatoms. The Hall–Kier alpha value is -1.61. The Morgan fingerprint density at radius 3 is 2.60 bits per heavy atom. The first kappa shape index (κ1) is 11.5. The standard InChI is InChI=1S/C10H9NO2.C2H6/c11-6-7-5-9(12)8-3-1-2-4-10(8)13-7;1-2/h1-5H,6,11H2;1-2H3. The average molecular weight is 205 g/mol. The van der Waals surface area contributed by atoms with Gasteiger partial charge in [-0.1, -0.05) is 26.0 Å². The van der Waals surface area contributed by atoms with Gasteiger partial charge in [-0.15, -0.1) is 0 Å². The van der Waals surface area contributed by atoms with Gasteiger partial charge in [-0.05, 0) is 12.1 Å². The lowest BCUT2D eigenvalue weighted by Gasteiger charge is -1.98. The van der Waals surface area contributed by atoms with Crippen LogP contribution in [0.4, 0.5) is 0 Å². The van der Waals surface area contributed by atoms with Crippen LogP contribution in [-0.2, 0) is 6.54 Å². The van der Waals surface area contributed by atoms with E-state index in [1.165, 1.54) is 6.07 Å². The minimum atomic E-state index is -0.0395. The summed E-state index contributed by atoms with van der Waals surface area (Å²) in [6, 6.07) is 8.56. The molecule has 0 unspecified atom stereocenters. The molecule has 1 aromatic carbocycles. The van der Waals surface area contributed by atoms with Gasteiger partial charge in [0.05, 0.1) is 11.9 Å². The molecule has 3 nitrogen and oxygen atoms in total. The van der Waals surface area contributed by atoms with E-state index in [9.17, 15) is 4.79 Å². The summed E-state index contributed by atoms with van der Waals surface area (Å²) >= 11 is 0. The van der Waals surface area contributed by atoms with Crippen LogP contribution in [-0.4, -0.2) is 0 Å². The van der Waals surface area contributed by atoms with Crippen molar-refractivity contribution in [3.63, 3.8) is 0 Å². The molecule has 0 radical (unpaired) electrons. The molecule has 0 bridgehead atoms. The van der Waals surface area contributed by atoms with Crippen LogP contribution in [0.25, 0.3) is 11.0 Å². The summed E-state index contributed by atoms with van der Waals surface area (Å²) in [7, 11) is 0. The van der Waals surface area contributed by atoms with Crippen LogP contribution in [0, 0.1) is 0 Å². The highest BCUT2D eigenvalue weighted by Crippen LogP contribution is 2.10. The maximum Gasteiger partial charge on any atom is 0.192 e. The van der Waals surface area contributed by atoms with Crippen molar-refractivity contribution in [1.29, 1.82) is 0 Å². The van der Waals surface area contributed by atoms with Crippen LogP contribution in [0.2, 0.25) is 0 Å². The van der Waals surface area contributed by atoms with Crippen molar-refractivity contribution in [2.45, 2.75) is 20.4 Å². The van der Waals surface area contributed by atoms with Crippen LogP contribution >= 0.6 is 0 Å². The Kier molecular flexibility index (Phi) is 4.06. The third kappa shape index (κ3) is 2.44. The van der Waals surface area contributed by atoms with Crippen LogP contribution in [0.1, 0.15) is 19.6 Å². The lowest BCUT2D eigenvalue weighted by atomic mass is 10.2. The molecule has 0 fully saturated rings. The highest BCUT2D eigenvalue weighted by atomic mass is 16.3. The SMILES string of the molecule is CC.NCc1cc(=O)c2ccccc2o1. The largest absolute Gasteiger partial charge is 0.459 e. The third-order valence-electron chi connectivity index (χ3n) is 1.89. The van der Waals surface area contributed by atoms with Crippen LogP contribution in [0.3, 0.4) is 0 Å². The van der Waals surface area contributed by atoms with Crippen molar-refractivity contribution < 1.29 is 4.42 Å². The van der Waals surface area contributed by atoms with Crippen LogP contribution in [0.5, 0.6) is 0 Å². The predicted molar refractivity (Wildman–Crippen MR) is 61.7 cm³/mol. The van der Waals surface area contributed by atoms with Gasteiger partial charge in [-0.3, -0.25) is 4.79 Å². The summed E-state index contributed by atoms with van der Waals surface area (Å²) in [5.74, 6) is 0.517. The molecule has 0 aliphatic rings. The number of fused-ring (bicyclic) bond motifs is 1. The molecule has 0 aliphatic heterocycles. The molecule has 0 saturated carbocycles. The molecule has 2 aromatic rings.